The lowest BCUT2D eigenvalue weighted by Gasteiger charge is -2.40. The number of aldehydes is 1. The first-order valence-electron chi connectivity index (χ1n) is 5.12. The van der Waals surface area contributed by atoms with Gasteiger partial charge >= 0.3 is 0 Å². The smallest absolute Gasteiger partial charge is 0.251 e. The summed E-state index contributed by atoms with van der Waals surface area (Å²) in [7, 11) is 0. The molecule has 0 radical (unpaired) electrons. The maximum atomic E-state index is 11.7. The molecule has 0 aromatic carbocycles. The number of imide groups is 1. The van der Waals surface area contributed by atoms with Crippen LogP contribution in [0.5, 0.6) is 0 Å². The van der Waals surface area contributed by atoms with Crippen molar-refractivity contribution >= 4 is 34.4 Å². The summed E-state index contributed by atoms with van der Waals surface area (Å²) in [6.07, 6.45) is 0.757. The fourth-order valence-electron chi connectivity index (χ4n) is 1.69. The molecule has 2 rings (SSSR count). The second-order valence-electron chi connectivity index (χ2n) is 4.32. The minimum absolute atomic E-state index is 0.123. The molecular weight excluding hydrogens is 240 g/mol. The number of rotatable bonds is 2. The van der Waals surface area contributed by atoms with Crippen molar-refractivity contribution in [2.75, 3.05) is 11.4 Å². The minimum atomic E-state index is -0.793. The molecule has 1 aromatic heterocycles. The third-order valence-corrected chi connectivity index (χ3v) is 3.81. The summed E-state index contributed by atoms with van der Waals surface area (Å²) < 4.78 is 0. The fourth-order valence-corrected chi connectivity index (χ4v) is 2.65. The van der Waals surface area contributed by atoms with Gasteiger partial charge in [-0.1, -0.05) is 0 Å². The van der Waals surface area contributed by atoms with Crippen LogP contribution in [0, 0.1) is 0 Å². The van der Waals surface area contributed by atoms with Gasteiger partial charge in [-0.25, -0.2) is 0 Å². The molecule has 0 bridgehead atoms. The van der Waals surface area contributed by atoms with E-state index >= 15 is 0 Å². The molecule has 6 heteroatoms. The SMILES string of the molecule is CC1(C)C(=O)NC(=O)CN1c1ccc(C=O)s1. The van der Waals surface area contributed by atoms with Crippen molar-refractivity contribution in [1.29, 1.82) is 0 Å². The number of amides is 2. The van der Waals surface area contributed by atoms with Gasteiger partial charge in [0.05, 0.1) is 16.4 Å². The van der Waals surface area contributed by atoms with Crippen molar-refractivity contribution in [1.82, 2.24) is 5.32 Å². The summed E-state index contributed by atoms with van der Waals surface area (Å²) in [5.74, 6) is -0.648. The lowest BCUT2D eigenvalue weighted by atomic mass is 9.99. The van der Waals surface area contributed by atoms with Crippen LogP contribution in [0.4, 0.5) is 5.00 Å². The van der Waals surface area contributed by atoms with Crippen LogP contribution in [-0.4, -0.2) is 30.2 Å². The monoisotopic (exact) mass is 252 g/mol. The van der Waals surface area contributed by atoms with E-state index in [2.05, 4.69) is 5.32 Å². The van der Waals surface area contributed by atoms with E-state index in [1.54, 1.807) is 30.9 Å². The van der Waals surface area contributed by atoms with Crippen LogP contribution in [0.3, 0.4) is 0 Å². The Morgan fingerprint density at radius 2 is 2.12 bits per heavy atom. The number of hydrogen-bond donors (Lipinski definition) is 1. The molecule has 1 fully saturated rings. The third-order valence-electron chi connectivity index (χ3n) is 2.78. The molecule has 5 nitrogen and oxygen atoms in total. The second kappa shape index (κ2) is 3.96. The van der Waals surface area contributed by atoms with Crippen LogP contribution >= 0.6 is 11.3 Å². The topological polar surface area (TPSA) is 66.5 Å². The Balaban J connectivity index is 2.37. The van der Waals surface area contributed by atoms with Gasteiger partial charge in [0.15, 0.2) is 6.29 Å². The molecule has 0 spiro atoms. The molecule has 0 saturated carbocycles. The van der Waals surface area contributed by atoms with Gasteiger partial charge in [-0.15, -0.1) is 11.3 Å². The van der Waals surface area contributed by atoms with E-state index in [0.717, 1.165) is 11.3 Å². The molecule has 1 aromatic rings. The van der Waals surface area contributed by atoms with E-state index in [9.17, 15) is 14.4 Å². The molecule has 0 aliphatic carbocycles. The predicted molar refractivity (Wildman–Crippen MR) is 64.3 cm³/mol. The van der Waals surface area contributed by atoms with Gasteiger partial charge in [0.2, 0.25) is 5.91 Å². The van der Waals surface area contributed by atoms with Gasteiger partial charge in [0.25, 0.3) is 5.91 Å². The van der Waals surface area contributed by atoms with Gasteiger partial charge in [-0.2, -0.15) is 0 Å². The predicted octanol–water partition coefficient (Wildman–Crippen LogP) is 0.802. The molecule has 0 atom stereocenters. The lowest BCUT2D eigenvalue weighted by Crippen LogP contribution is -2.64. The van der Waals surface area contributed by atoms with Crippen LogP contribution in [0.1, 0.15) is 23.5 Å². The van der Waals surface area contributed by atoms with Gasteiger partial charge in [0.1, 0.15) is 5.54 Å². The zero-order valence-electron chi connectivity index (χ0n) is 9.52. The molecule has 1 aliphatic rings. The van der Waals surface area contributed by atoms with E-state index in [0.29, 0.717) is 4.88 Å². The van der Waals surface area contributed by atoms with E-state index in [1.807, 2.05) is 0 Å². The van der Waals surface area contributed by atoms with Crippen LogP contribution in [-0.2, 0) is 9.59 Å². The third kappa shape index (κ3) is 1.95. The highest BCUT2D eigenvalue weighted by Gasteiger charge is 2.41. The van der Waals surface area contributed by atoms with E-state index in [1.165, 1.54) is 11.3 Å². The maximum absolute atomic E-state index is 11.7. The molecule has 1 aliphatic heterocycles. The molecule has 1 N–H and O–H groups in total. The van der Waals surface area contributed by atoms with Crippen molar-refractivity contribution < 1.29 is 14.4 Å². The van der Waals surface area contributed by atoms with Gasteiger partial charge in [0, 0.05) is 0 Å². The molecule has 2 heterocycles. The number of hydrogen-bond acceptors (Lipinski definition) is 5. The molecule has 1 saturated heterocycles. The van der Waals surface area contributed by atoms with Crippen molar-refractivity contribution in [2.24, 2.45) is 0 Å². The van der Waals surface area contributed by atoms with Crippen LogP contribution in [0.2, 0.25) is 0 Å². The Morgan fingerprint density at radius 3 is 2.71 bits per heavy atom. The number of anilines is 1. The first kappa shape index (κ1) is 11.8. The summed E-state index contributed by atoms with van der Waals surface area (Å²) in [4.78, 5) is 36.1. The molecule has 90 valence electrons. The maximum Gasteiger partial charge on any atom is 0.251 e. The quantitative estimate of drug-likeness (QED) is 0.624. The summed E-state index contributed by atoms with van der Waals surface area (Å²) >= 11 is 1.27. The first-order valence-corrected chi connectivity index (χ1v) is 5.94. The van der Waals surface area contributed by atoms with Crippen LogP contribution < -0.4 is 10.2 Å². The van der Waals surface area contributed by atoms with Gasteiger partial charge < -0.3 is 4.90 Å². The highest BCUT2D eigenvalue weighted by atomic mass is 32.1. The summed E-state index contributed by atoms with van der Waals surface area (Å²) in [5, 5.41) is 3.06. The summed E-state index contributed by atoms with van der Waals surface area (Å²) in [6.45, 7) is 3.61. The number of carbonyl (C=O) groups is 3. The second-order valence-corrected chi connectivity index (χ2v) is 5.41. The van der Waals surface area contributed by atoms with Crippen LogP contribution in [0.25, 0.3) is 0 Å². The summed E-state index contributed by atoms with van der Waals surface area (Å²) in [5.41, 5.74) is -0.793. The van der Waals surface area contributed by atoms with Gasteiger partial charge in [-0.3, -0.25) is 19.7 Å². The largest absolute Gasteiger partial charge is 0.340 e. The lowest BCUT2D eigenvalue weighted by molar-refractivity contribution is -0.135. The first-order chi connectivity index (χ1) is 7.95. The van der Waals surface area contributed by atoms with Crippen molar-refractivity contribution in [3.05, 3.63) is 17.0 Å². The average molecular weight is 252 g/mol. The Kier molecular flexibility index (Phi) is 2.74. The zero-order chi connectivity index (χ0) is 12.6. The van der Waals surface area contributed by atoms with Crippen molar-refractivity contribution in [2.45, 2.75) is 19.4 Å². The zero-order valence-corrected chi connectivity index (χ0v) is 10.3. The van der Waals surface area contributed by atoms with E-state index < -0.39 is 5.54 Å². The highest BCUT2D eigenvalue weighted by Crippen LogP contribution is 2.32. The molecule has 0 unspecified atom stereocenters. The molecule has 17 heavy (non-hydrogen) atoms. The molecular formula is C11H12N2O3S. The Hall–Kier alpha value is -1.69. The Bertz CT molecular complexity index is 493. The Morgan fingerprint density at radius 1 is 1.41 bits per heavy atom. The van der Waals surface area contributed by atoms with E-state index in [-0.39, 0.29) is 18.4 Å². The van der Waals surface area contributed by atoms with E-state index in [4.69, 9.17) is 0 Å². The minimum Gasteiger partial charge on any atom is -0.340 e. The standard InChI is InChI=1S/C11H12N2O3S/c1-11(2)10(16)12-8(15)5-13(11)9-4-3-7(6-14)17-9/h3-4,6H,5H2,1-2H3,(H,12,15,16). The summed E-state index contributed by atoms with van der Waals surface area (Å²) in [6, 6.07) is 3.43. The van der Waals surface area contributed by atoms with Crippen molar-refractivity contribution in [3.8, 4) is 0 Å². The fraction of sp³-hybridized carbons (Fsp3) is 0.364. The number of thiophene rings is 1. The highest BCUT2D eigenvalue weighted by molar-refractivity contribution is 7.17. The average Bonchev–Trinajstić information content (AvgIpc) is 2.72. The normalized spacial score (nSPS) is 19.1. The number of nitrogens with one attached hydrogen (secondary N) is 1. The van der Waals surface area contributed by atoms with Gasteiger partial charge in [-0.05, 0) is 26.0 Å². The molecule has 2 amide bonds. The Labute approximate surface area is 102 Å². The number of piperazine rings is 1. The number of carbonyl (C=O) groups excluding carboxylic acids is 3. The van der Waals surface area contributed by atoms with Crippen molar-refractivity contribution in [3.63, 3.8) is 0 Å². The number of nitrogens with zero attached hydrogens (tertiary/aromatic N) is 1. The van der Waals surface area contributed by atoms with Crippen LogP contribution in [0.15, 0.2) is 12.1 Å².